The molecule has 2 N–H and O–H groups in total. The number of anilines is 1. The molecule has 0 atom stereocenters. The molecule has 0 aromatic heterocycles. The van der Waals surface area contributed by atoms with Gasteiger partial charge in [0.15, 0.2) is 0 Å². The molecular weight excluding hydrogens is 258 g/mol. The number of hydrogen-bond acceptors (Lipinski definition) is 5. The molecule has 5 heteroatoms. The Morgan fingerprint density at radius 2 is 2.05 bits per heavy atom. The number of carbonyl (C=O) groups is 1. The molecule has 0 spiro atoms. The van der Waals surface area contributed by atoms with E-state index >= 15 is 0 Å². The van der Waals surface area contributed by atoms with Gasteiger partial charge in [0.25, 0.3) is 0 Å². The largest absolute Gasteiger partial charge is 0.491 e. The van der Waals surface area contributed by atoms with Crippen molar-refractivity contribution in [3.05, 3.63) is 24.3 Å². The van der Waals surface area contributed by atoms with E-state index in [4.69, 9.17) is 19.9 Å². The second-order valence-corrected chi connectivity index (χ2v) is 4.88. The predicted octanol–water partition coefficient (Wildman–Crippen LogP) is 2.01. The number of ether oxygens (including phenoxy) is 3. The summed E-state index contributed by atoms with van der Waals surface area (Å²) in [6.07, 6.45) is 2.16. The van der Waals surface area contributed by atoms with Gasteiger partial charge in [0.2, 0.25) is 0 Å². The summed E-state index contributed by atoms with van der Waals surface area (Å²) in [5.41, 5.74) is 6.31. The number of hydrogen-bond donors (Lipinski definition) is 1. The zero-order chi connectivity index (χ0) is 14.2. The number of benzene rings is 1. The van der Waals surface area contributed by atoms with Gasteiger partial charge in [-0.1, -0.05) is 12.1 Å². The van der Waals surface area contributed by atoms with Crippen molar-refractivity contribution >= 4 is 11.7 Å². The number of nitrogens with two attached hydrogens (primary N) is 1. The average molecular weight is 279 g/mol. The SMILES string of the molecule is Nc1ccccc1OCCC(=O)OCC1CCOCC1. The van der Waals surface area contributed by atoms with Gasteiger partial charge >= 0.3 is 5.97 Å². The average Bonchev–Trinajstić information content (AvgIpc) is 2.48. The molecule has 5 nitrogen and oxygen atoms in total. The van der Waals surface area contributed by atoms with E-state index < -0.39 is 0 Å². The maximum absolute atomic E-state index is 11.6. The Labute approximate surface area is 119 Å². The van der Waals surface area contributed by atoms with Crippen LogP contribution in [0.25, 0.3) is 0 Å². The van der Waals surface area contributed by atoms with E-state index in [1.165, 1.54) is 0 Å². The van der Waals surface area contributed by atoms with E-state index in [9.17, 15) is 4.79 Å². The highest BCUT2D eigenvalue weighted by Crippen LogP contribution is 2.20. The molecule has 0 unspecified atom stereocenters. The van der Waals surface area contributed by atoms with E-state index in [1.807, 2.05) is 12.1 Å². The Hall–Kier alpha value is -1.75. The minimum absolute atomic E-state index is 0.231. The molecule has 110 valence electrons. The number of carbonyl (C=O) groups excluding carboxylic acids is 1. The number of nitrogen functional groups attached to an aromatic ring is 1. The molecule has 0 radical (unpaired) electrons. The highest BCUT2D eigenvalue weighted by Gasteiger charge is 2.15. The molecule has 0 aliphatic carbocycles. The molecule has 0 amide bonds. The fourth-order valence-electron chi connectivity index (χ4n) is 2.05. The van der Waals surface area contributed by atoms with Gasteiger partial charge in [-0.25, -0.2) is 0 Å². The Bertz CT molecular complexity index is 430. The highest BCUT2D eigenvalue weighted by molar-refractivity contribution is 5.69. The topological polar surface area (TPSA) is 70.8 Å². The Kier molecular flexibility index (Phi) is 5.68. The maximum Gasteiger partial charge on any atom is 0.309 e. The standard InChI is InChI=1S/C15H21NO4/c16-13-3-1-2-4-14(13)19-10-7-15(17)20-11-12-5-8-18-9-6-12/h1-4,12H,5-11,16H2. The fraction of sp³-hybridized carbons (Fsp3) is 0.533. The number of para-hydroxylation sites is 2. The van der Waals surface area contributed by atoms with Crippen LogP contribution in [-0.4, -0.2) is 32.4 Å². The normalized spacial score (nSPS) is 15.8. The van der Waals surface area contributed by atoms with Gasteiger partial charge in [-0.05, 0) is 30.9 Å². The minimum atomic E-state index is -0.231. The molecular formula is C15H21NO4. The van der Waals surface area contributed by atoms with Gasteiger partial charge in [-0.2, -0.15) is 0 Å². The minimum Gasteiger partial charge on any atom is -0.491 e. The van der Waals surface area contributed by atoms with Crippen molar-refractivity contribution in [1.82, 2.24) is 0 Å². The quantitative estimate of drug-likeness (QED) is 0.637. The third-order valence-electron chi connectivity index (χ3n) is 3.30. The van der Waals surface area contributed by atoms with Gasteiger partial charge in [-0.3, -0.25) is 4.79 Å². The molecule has 2 rings (SSSR count). The van der Waals surface area contributed by atoms with E-state index in [1.54, 1.807) is 12.1 Å². The first-order valence-electron chi connectivity index (χ1n) is 6.96. The Morgan fingerprint density at radius 3 is 2.80 bits per heavy atom. The van der Waals surface area contributed by atoms with Crippen molar-refractivity contribution in [3.63, 3.8) is 0 Å². The van der Waals surface area contributed by atoms with E-state index in [0.717, 1.165) is 26.1 Å². The zero-order valence-corrected chi connectivity index (χ0v) is 11.5. The third-order valence-corrected chi connectivity index (χ3v) is 3.30. The lowest BCUT2D eigenvalue weighted by Gasteiger charge is -2.21. The smallest absolute Gasteiger partial charge is 0.309 e. The van der Waals surface area contributed by atoms with Gasteiger partial charge in [0.1, 0.15) is 5.75 Å². The van der Waals surface area contributed by atoms with Crippen molar-refractivity contribution in [3.8, 4) is 5.75 Å². The molecule has 1 aromatic rings. The van der Waals surface area contributed by atoms with Crippen molar-refractivity contribution in [2.24, 2.45) is 5.92 Å². The van der Waals surface area contributed by atoms with Crippen LogP contribution in [0.3, 0.4) is 0 Å². The monoisotopic (exact) mass is 279 g/mol. The van der Waals surface area contributed by atoms with Crippen LogP contribution >= 0.6 is 0 Å². The summed E-state index contributed by atoms with van der Waals surface area (Å²) in [5.74, 6) is 0.800. The van der Waals surface area contributed by atoms with Crippen molar-refractivity contribution in [2.75, 3.05) is 32.2 Å². The van der Waals surface area contributed by atoms with Crippen LogP contribution in [-0.2, 0) is 14.3 Å². The summed E-state index contributed by atoms with van der Waals surface area (Å²) >= 11 is 0. The molecule has 20 heavy (non-hydrogen) atoms. The van der Waals surface area contributed by atoms with E-state index in [0.29, 0.717) is 24.0 Å². The molecule has 1 heterocycles. The lowest BCUT2D eigenvalue weighted by molar-refractivity contribution is -0.146. The summed E-state index contributed by atoms with van der Waals surface area (Å²) < 4.78 is 16.0. The maximum atomic E-state index is 11.6. The van der Waals surface area contributed by atoms with E-state index in [-0.39, 0.29) is 19.0 Å². The first kappa shape index (κ1) is 14.7. The van der Waals surface area contributed by atoms with Gasteiger partial charge in [-0.15, -0.1) is 0 Å². The van der Waals surface area contributed by atoms with Crippen LogP contribution in [0.15, 0.2) is 24.3 Å². The van der Waals surface area contributed by atoms with Gasteiger partial charge in [0, 0.05) is 13.2 Å². The second kappa shape index (κ2) is 7.75. The number of esters is 1. The van der Waals surface area contributed by atoms with Gasteiger partial charge < -0.3 is 19.9 Å². The molecule has 0 saturated carbocycles. The Balaban J connectivity index is 1.61. The summed E-state index contributed by atoms with van der Waals surface area (Å²) in [4.78, 5) is 11.6. The summed E-state index contributed by atoms with van der Waals surface area (Å²) in [6, 6.07) is 7.22. The van der Waals surface area contributed by atoms with Crippen LogP contribution in [0.5, 0.6) is 5.75 Å². The molecule has 1 aromatic carbocycles. The van der Waals surface area contributed by atoms with Crippen LogP contribution in [0.1, 0.15) is 19.3 Å². The number of rotatable bonds is 6. The molecule has 1 fully saturated rings. The van der Waals surface area contributed by atoms with E-state index in [2.05, 4.69) is 0 Å². The Morgan fingerprint density at radius 1 is 1.30 bits per heavy atom. The summed E-state index contributed by atoms with van der Waals surface area (Å²) in [5, 5.41) is 0. The zero-order valence-electron chi connectivity index (χ0n) is 11.5. The summed E-state index contributed by atoms with van der Waals surface area (Å²) in [7, 11) is 0. The van der Waals surface area contributed by atoms with Crippen molar-refractivity contribution in [1.29, 1.82) is 0 Å². The first-order valence-corrected chi connectivity index (χ1v) is 6.96. The lowest BCUT2D eigenvalue weighted by Crippen LogP contribution is -2.22. The second-order valence-electron chi connectivity index (χ2n) is 4.88. The molecule has 1 saturated heterocycles. The predicted molar refractivity (Wildman–Crippen MR) is 75.5 cm³/mol. The third kappa shape index (κ3) is 4.74. The molecule has 1 aliphatic rings. The molecule has 1 aliphatic heterocycles. The molecule has 0 bridgehead atoms. The van der Waals surface area contributed by atoms with Crippen molar-refractivity contribution < 1.29 is 19.0 Å². The van der Waals surface area contributed by atoms with Crippen LogP contribution in [0.2, 0.25) is 0 Å². The van der Waals surface area contributed by atoms with Crippen LogP contribution in [0, 0.1) is 5.92 Å². The first-order chi connectivity index (χ1) is 9.75. The van der Waals surface area contributed by atoms with Crippen molar-refractivity contribution in [2.45, 2.75) is 19.3 Å². The van der Waals surface area contributed by atoms with Gasteiger partial charge in [0.05, 0.1) is 25.3 Å². The summed E-state index contributed by atoms with van der Waals surface area (Å²) in [6.45, 7) is 2.29. The van der Waals surface area contributed by atoms with Crippen LogP contribution < -0.4 is 10.5 Å². The lowest BCUT2D eigenvalue weighted by atomic mass is 10.0. The highest BCUT2D eigenvalue weighted by atomic mass is 16.5. The van der Waals surface area contributed by atoms with Crippen LogP contribution in [0.4, 0.5) is 5.69 Å². The fourth-order valence-corrected chi connectivity index (χ4v) is 2.05.